The summed E-state index contributed by atoms with van der Waals surface area (Å²) >= 11 is 0. The fourth-order valence-corrected chi connectivity index (χ4v) is 5.55. The summed E-state index contributed by atoms with van der Waals surface area (Å²) in [5.41, 5.74) is 3.91. The van der Waals surface area contributed by atoms with Gasteiger partial charge in [0.2, 0.25) is 0 Å². The van der Waals surface area contributed by atoms with Crippen molar-refractivity contribution in [1.82, 2.24) is 14.8 Å². The van der Waals surface area contributed by atoms with Gasteiger partial charge in [-0.2, -0.15) is 0 Å². The third-order valence-electron chi connectivity index (χ3n) is 7.29. The average molecular weight is 584 g/mol. The zero-order chi connectivity index (χ0) is 28.4. The number of rotatable bonds is 8. The maximum atomic E-state index is 13.6. The number of benzene rings is 2. The average Bonchev–Trinajstić information content (AvgIpc) is 3.47. The van der Waals surface area contributed by atoms with E-state index in [0.717, 1.165) is 36.1 Å². The molecule has 8 nitrogen and oxygen atoms in total. The number of hydrogen-bond donors (Lipinski definition) is 1. The molecule has 41 heavy (non-hydrogen) atoms. The Hall–Kier alpha value is -3.07. The molecular weight excluding hydrogens is 542 g/mol. The van der Waals surface area contributed by atoms with Gasteiger partial charge in [0.25, 0.3) is 5.91 Å². The molecule has 0 saturated carbocycles. The van der Waals surface area contributed by atoms with E-state index in [0.29, 0.717) is 42.3 Å². The maximum Gasteiger partial charge on any atom is 0.419 e. The fourth-order valence-electron chi connectivity index (χ4n) is 5.55. The number of halogens is 1. The molecule has 5 rings (SSSR count). The van der Waals surface area contributed by atoms with Crippen molar-refractivity contribution in [1.29, 1.82) is 0 Å². The van der Waals surface area contributed by atoms with Crippen LogP contribution in [0.4, 0.5) is 4.79 Å². The number of hydrogen-bond acceptors (Lipinski definition) is 6. The topological polar surface area (TPSA) is 82.0 Å². The van der Waals surface area contributed by atoms with Crippen molar-refractivity contribution in [2.75, 3.05) is 26.3 Å². The van der Waals surface area contributed by atoms with E-state index in [4.69, 9.17) is 14.2 Å². The standard InChI is InChI=1S/C32H41N3O5.ClH/c1-21(2)38-15-16-39-28-12-10-24(29-25(28)19-33-30(29)36)27-18-23-17-22(20-34-13-7-6-8-14-34)9-11-26(23)35(27)31(37)40-32(3,4)5;/h9-12,17-18,21H,6-8,13-16,19-20H2,1-5H3,(H,33,36);1H. The van der Waals surface area contributed by atoms with Crippen LogP contribution in [0.2, 0.25) is 0 Å². The number of piperidine rings is 1. The highest BCUT2D eigenvalue weighted by atomic mass is 35.5. The molecule has 2 aromatic carbocycles. The lowest BCUT2D eigenvalue weighted by Gasteiger charge is -2.26. The summed E-state index contributed by atoms with van der Waals surface area (Å²) < 4.78 is 19.0. The van der Waals surface area contributed by atoms with Crippen molar-refractivity contribution >= 4 is 35.3 Å². The van der Waals surface area contributed by atoms with Crippen LogP contribution in [0, 0.1) is 0 Å². The molecule has 222 valence electrons. The molecule has 2 aliphatic rings. The largest absolute Gasteiger partial charge is 0.491 e. The van der Waals surface area contributed by atoms with E-state index in [1.807, 2.05) is 58.9 Å². The van der Waals surface area contributed by atoms with Crippen molar-refractivity contribution in [3.63, 3.8) is 0 Å². The van der Waals surface area contributed by atoms with Crippen LogP contribution < -0.4 is 10.1 Å². The number of ether oxygens (including phenoxy) is 3. The molecule has 0 radical (unpaired) electrons. The van der Waals surface area contributed by atoms with Crippen molar-refractivity contribution in [2.45, 2.75) is 78.7 Å². The summed E-state index contributed by atoms with van der Waals surface area (Å²) in [7, 11) is 0. The van der Waals surface area contributed by atoms with E-state index in [-0.39, 0.29) is 24.4 Å². The van der Waals surface area contributed by atoms with E-state index in [1.165, 1.54) is 24.8 Å². The highest BCUT2D eigenvalue weighted by Crippen LogP contribution is 2.38. The predicted molar refractivity (Wildman–Crippen MR) is 163 cm³/mol. The third-order valence-corrected chi connectivity index (χ3v) is 7.29. The van der Waals surface area contributed by atoms with Crippen LogP contribution in [0.25, 0.3) is 22.2 Å². The molecule has 3 heterocycles. The molecule has 0 bridgehead atoms. The smallest absolute Gasteiger partial charge is 0.419 e. The first-order chi connectivity index (χ1) is 19.1. The minimum atomic E-state index is -0.672. The number of fused-ring (bicyclic) bond motifs is 2. The van der Waals surface area contributed by atoms with E-state index >= 15 is 0 Å². The number of carbonyl (C=O) groups is 2. The highest BCUT2D eigenvalue weighted by Gasteiger charge is 2.30. The van der Waals surface area contributed by atoms with Crippen LogP contribution in [0.15, 0.2) is 36.4 Å². The first-order valence-corrected chi connectivity index (χ1v) is 14.4. The molecular formula is C32H42ClN3O5. The van der Waals surface area contributed by atoms with Gasteiger partial charge in [-0.1, -0.05) is 12.5 Å². The van der Waals surface area contributed by atoms with Crippen LogP contribution in [0.1, 0.15) is 75.4 Å². The molecule has 3 aromatic rings. The zero-order valence-corrected chi connectivity index (χ0v) is 25.6. The minimum absolute atomic E-state index is 0. The lowest BCUT2D eigenvalue weighted by atomic mass is 9.99. The Bertz CT molecular complexity index is 1400. The van der Waals surface area contributed by atoms with Gasteiger partial charge in [-0.05, 0) is 96.4 Å². The van der Waals surface area contributed by atoms with Gasteiger partial charge in [0.05, 0.1) is 29.5 Å². The van der Waals surface area contributed by atoms with Crippen molar-refractivity contribution < 1.29 is 23.8 Å². The van der Waals surface area contributed by atoms with Gasteiger partial charge < -0.3 is 19.5 Å². The molecule has 1 saturated heterocycles. The molecule has 0 unspecified atom stereocenters. The fraction of sp³-hybridized carbons (Fsp3) is 0.500. The monoisotopic (exact) mass is 583 g/mol. The molecule has 0 aliphatic carbocycles. The normalized spacial score (nSPS) is 15.5. The second kappa shape index (κ2) is 12.8. The molecule has 1 aromatic heterocycles. The molecule has 0 atom stereocenters. The zero-order valence-electron chi connectivity index (χ0n) is 24.7. The van der Waals surface area contributed by atoms with Gasteiger partial charge in [-0.15, -0.1) is 12.4 Å². The molecule has 1 amide bonds. The summed E-state index contributed by atoms with van der Waals surface area (Å²) in [5, 5.41) is 3.88. The summed E-state index contributed by atoms with van der Waals surface area (Å²) in [4.78, 5) is 29.2. The number of nitrogens with zero attached hydrogens (tertiary/aromatic N) is 2. The third kappa shape index (κ3) is 7.05. The molecule has 1 N–H and O–H groups in total. The molecule has 9 heteroatoms. The summed E-state index contributed by atoms with van der Waals surface area (Å²) in [6.07, 6.45) is 3.41. The van der Waals surface area contributed by atoms with E-state index < -0.39 is 11.7 Å². The molecule has 0 spiro atoms. The molecule has 2 aliphatic heterocycles. The van der Waals surface area contributed by atoms with Crippen molar-refractivity contribution in [3.8, 4) is 17.0 Å². The Labute approximate surface area is 248 Å². The SMILES string of the molecule is CC(C)OCCOc1ccc(-c2cc3cc(CN4CCCCC4)ccc3n2C(=O)OC(C)(C)C)c2c1CNC2=O.Cl. The number of likely N-dealkylation sites (tertiary alicyclic amines) is 1. The van der Waals surface area contributed by atoms with Crippen LogP contribution in [0.5, 0.6) is 5.75 Å². The van der Waals surface area contributed by atoms with E-state index in [2.05, 4.69) is 22.3 Å². The van der Waals surface area contributed by atoms with E-state index in [1.54, 1.807) is 4.57 Å². The Morgan fingerprint density at radius 2 is 1.78 bits per heavy atom. The van der Waals surface area contributed by atoms with Gasteiger partial charge >= 0.3 is 6.09 Å². The number of aromatic nitrogens is 1. The number of nitrogens with one attached hydrogen (secondary N) is 1. The summed E-state index contributed by atoms with van der Waals surface area (Å²) in [6, 6.07) is 12.0. The second-order valence-electron chi connectivity index (χ2n) is 12.0. The predicted octanol–water partition coefficient (Wildman–Crippen LogP) is 6.55. The van der Waals surface area contributed by atoms with Gasteiger partial charge in [0, 0.05) is 29.6 Å². The van der Waals surface area contributed by atoms with Crippen LogP contribution in [0.3, 0.4) is 0 Å². The highest BCUT2D eigenvalue weighted by molar-refractivity contribution is 6.07. The van der Waals surface area contributed by atoms with Crippen LogP contribution in [-0.2, 0) is 22.6 Å². The van der Waals surface area contributed by atoms with Gasteiger partial charge in [-0.25, -0.2) is 9.36 Å². The second-order valence-corrected chi connectivity index (χ2v) is 12.0. The van der Waals surface area contributed by atoms with Gasteiger partial charge in [0.15, 0.2) is 0 Å². The lowest BCUT2D eigenvalue weighted by Crippen LogP contribution is -2.29. The van der Waals surface area contributed by atoms with Crippen LogP contribution in [-0.4, -0.2) is 59.5 Å². The first-order valence-electron chi connectivity index (χ1n) is 14.4. The Balaban J connectivity index is 0.00000387. The van der Waals surface area contributed by atoms with E-state index in [9.17, 15) is 9.59 Å². The van der Waals surface area contributed by atoms with Gasteiger partial charge in [-0.3, -0.25) is 9.69 Å². The van der Waals surface area contributed by atoms with Crippen LogP contribution >= 0.6 is 12.4 Å². The minimum Gasteiger partial charge on any atom is -0.491 e. The number of amides is 1. The Morgan fingerprint density at radius 1 is 1.02 bits per heavy atom. The summed E-state index contributed by atoms with van der Waals surface area (Å²) in [6.45, 7) is 13.8. The summed E-state index contributed by atoms with van der Waals surface area (Å²) in [5.74, 6) is 0.467. The first kappa shape index (κ1) is 30.9. The maximum absolute atomic E-state index is 13.6. The number of carbonyl (C=O) groups excluding carboxylic acids is 2. The quantitative estimate of drug-likeness (QED) is 0.303. The van der Waals surface area contributed by atoms with Gasteiger partial charge in [0.1, 0.15) is 18.0 Å². The Kier molecular flexibility index (Phi) is 9.67. The van der Waals surface area contributed by atoms with Crippen molar-refractivity contribution in [2.24, 2.45) is 0 Å². The lowest BCUT2D eigenvalue weighted by molar-refractivity contribution is 0.0544. The molecule has 1 fully saturated rings. The Morgan fingerprint density at radius 3 is 2.49 bits per heavy atom. The van der Waals surface area contributed by atoms with Crippen molar-refractivity contribution in [3.05, 3.63) is 53.1 Å².